The lowest BCUT2D eigenvalue weighted by Gasteiger charge is -2.26. The minimum absolute atomic E-state index is 0.0686. The number of carbonyl (C=O) groups excluding carboxylic acids is 1. The van der Waals surface area contributed by atoms with E-state index in [0.717, 1.165) is 5.69 Å². The monoisotopic (exact) mass is 289 g/mol. The molecule has 0 fully saturated rings. The molecule has 0 saturated heterocycles. The summed E-state index contributed by atoms with van der Waals surface area (Å²) in [6, 6.07) is 9.42. The normalized spacial score (nSPS) is 19.4. The van der Waals surface area contributed by atoms with Gasteiger partial charge in [0.1, 0.15) is 10.7 Å². The maximum absolute atomic E-state index is 12.2. The first kappa shape index (κ1) is 14.7. The molecule has 1 aliphatic carbocycles. The predicted molar refractivity (Wildman–Crippen MR) is 84.9 cm³/mol. The van der Waals surface area contributed by atoms with Crippen LogP contribution in [-0.4, -0.2) is 15.9 Å². The Morgan fingerprint density at radius 1 is 1.30 bits per heavy atom. The molecule has 0 bridgehead atoms. The zero-order valence-corrected chi connectivity index (χ0v) is 12.5. The minimum Gasteiger partial charge on any atom is -0.511 e. The van der Waals surface area contributed by atoms with Gasteiger partial charge in [0.05, 0.1) is 5.57 Å². The summed E-state index contributed by atoms with van der Waals surface area (Å²) in [4.78, 5) is 12.5. The number of carbonyl (C=O) groups is 1. The van der Waals surface area contributed by atoms with Gasteiger partial charge in [-0.1, -0.05) is 44.3 Å². The maximum atomic E-state index is 12.2. The van der Waals surface area contributed by atoms with E-state index in [0.29, 0.717) is 23.7 Å². The number of anilines is 1. The van der Waals surface area contributed by atoms with Gasteiger partial charge in [0, 0.05) is 18.5 Å². The standard InChI is InChI=1S/C16H19NO2S/c1-10(2)11-8-13(18)15(14(19)9-11)16(20)17-12-6-4-3-5-7-12/h3-7,10-11,18H,8-9H2,1-2H3,(H,17,20)/t11-/m1/s1. The summed E-state index contributed by atoms with van der Waals surface area (Å²) < 4.78 is 0. The van der Waals surface area contributed by atoms with Crippen LogP contribution >= 0.6 is 12.2 Å². The highest BCUT2D eigenvalue weighted by Gasteiger charge is 2.31. The van der Waals surface area contributed by atoms with Crippen LogP contribution in [0.4, 0.5) is 5.69 Å². The number of aliphatic hydroxyl groups excluding tert-OH is 1. The van der Waals surface area contributed by atoms with Crippen molar-refractivity contribution in [3.8, 4) is 0 Å². The van der Waals surface area contributed by atoms with Crippen LogP contribution < -0.4 is 5.32 Å². The number of thiocarbonyl (C=S) groups is 1. The van der Waals surface area contributed by atoms with Gasteiger partial charge in [-0.2, -0.15) is 0 Å². The van der Waals surface area contributed by atoms with E-state index in [2.05, 4.69) is 19.2 Å². The van der Waals surface area contributed by atoms with Gasteiger partial charge in [-0.05, 0) is 24.0 Å². The molecule has 1 aliphatic rings. The summed E-state index contributed by atoms with van der Waals surface area (Å²) in [6.45, 7) is 4.13. The first-order valence-corrected chi connectivity index (χ1v) is 7.21. The maximum Gasteiger partial charge on any atom is 0.169 e. The number of rotatable bonds is 3. The van der Waals surface area contributed by atoms with Crippen molar-refractivity contribution in [1.29, 1.82) is 0 Å². The molecule has 0 heterocycles. The molecule has 2 N–H and O–H groups in total. The van der Waals surface area contributed by atoms with Crippen LogP contribution in [0, 0.1) is 11.8 Å². The van der Waals surface area contributed by atoms with E-state index in [-0.39, 0.29) is 23.0 Å². The number of benzene rings is 1. The van der Waals surface area contributed by atoms with Gasteiger partial charge in [0.2, 0.25) is 0 Å². The molecule has 3 nitrogen and oxygen atoms in total. The van der Waals surface area contributed by atoms with Crippen LogP contribution in [0.25, 0.3) is 0 Å². The van der Waals surface area contributed by atoms with Gasteiger partial charge in [0.15, 0.2) is 5.78 Å². The molecule has 2 rings (SSSR count). The first-order valence-electron chi connectivity index (χ1n) is 6.80. The molecule has 0 radical (unpaired) electrons. The fraction of sp³-hybridized carbons (Fsp3) is 0.375. The number of Topliss-reactive ketones (excluding diaryl/α,β-unsaturated/α-hetero) is 1. The largest absolute Gasteiger partial charge is 0.511 e. The van der Waals surface area contributed by atoms with Gasteiger partial charge >= 0.3 is 0 Å². The van der Waals surface area contributed by atoms with Crippen LogP contribution in [0.1, 0.15) is 26.7 Å². The van der Waals surface area contributed by atoms with Crippen molar-refractivity contribution in [3.05, 3.63) is 41.7 Å². The molecule has 20 heavy (non-hydrogen) atoms. The summed E-state index contributed by atoms with van der Waals surface area (Å²) in [5.41, 5.74) is 1.09. The Bertz CT molecular complexity index is 549. The molecule has 1 atom stereocenters. The summed E-state index contributed by atoms with van der Waals surface area (Å²) in [5.74, 6) is 0.623. The second-order valence-corrected chi connectivity index (χ2v) is 5.89. The predicted octanol–water partition coefficient (Wildman–Crippen LogP) is 3.87. The molecule has 0 aliphatic heterocycles. The Hall–Kier alpha value is -1.68. The first-order chi connectivity index (χ1) is 9.49. The lowest BCUT2D eigenvalue weighted by Crippen LogP contribution is -2.29. The second kappa shape index (κ2) is 6.18. The van der Waals surface area contributed by atoms with Crippen molar-refractivity contribution in [3.63, 3.8) is 0 Å². The Kier molecular flexibility index (Phi) is 4.55. The molecular formula is C16H19NO2S. The molecule has 0 amide bonds. The third kappa shape index (κ3) is 3.25. The van der Waals surface area contributed by atoms with Gasteiger partial charge in [-0.25, -0.2) is 0 Å². The SMILES string of the molecule is CC(C)[C@H]1CC(=O)C(C(=S)Nc2ccccc2)=C(O)C1. The molecular weight excluding hydrogens is 270 g/mol. The van der Waals surface area contributed by atoms with E-state index < -0.39 is 0 Å². The molecule has 0 saturated carbocycles. The van der Waals surface area contributed by atoms with Crippen molar-refractivity contribution in [2.75, 3.05) is 5.32 Å². The highest BCUT2D eigenvalue weighted by atomic mass is 32.1. The number of hydrogen-bond donors (Lipinski definition) is 2. The number of para-hydroxylation sites is 1. The highest BCUT2D eigenvalue weighted by molar-refractivity contribution is 7.81. The zero-order chi connectivity index (χ0) is 14.7. The van der Waals surface area contributed by atoms with Crippen LogP contribution in [0.3, 0.4) is 0 Å². The van der Waals surface area contributed by atoms with Crippen LogP contribution in [0.2, 0.25) is 0 Å². The lowest BCUT2D eigenvalue weighted by atomic mass is 9.80. The molecule has 0 unspecified atom stereocenters. The van der Waals surface area contributed by atoms with E-state index >= 15 is 0 Å². The summed E-state index contributed by atoms with van der Waals surface area (Å²) >= 11 is 5.26. The number of hydrogen-bond acceptors (Lipinski definition) is 3. The van der Waals surface area contributed by atoms with Crippen molar-refractivity contribution in [2.24, 2.45) is 11.8 Å². The number of ketones is 1. The third-order valence-electron chi connectivity index (χ3n) is 3.67. The van der Waals surface area contributed by atoms with E-state index in [9.17, 15) is 9.90 Å². The Morgan fingerprint density at radius 3 is 2.50 bits per heavy atom. The minimum atomic E-state index is -0.0686. The van der Waals surface area contributed by atoms with Crippen molar-refractivity contribution >= 4 is 28.7 Å². The topological polar surface area (TPSA) is 49.3 Å². The van der Waals surface area contributed by atoms with Gasteiger partial charge in [-0.3, -0.25) is 4.79 Å². The average molecular weight is 289 g/mol. The zero-order valence-electron chi connectivity index (χ0n) is 11.7. The van der Waals surface area contributed by atoms with Crippen LogP contribution in [0.5, 0.6) is 0 Å². The van der Waals surface area contributed by atoms with Crippen molar-refractivity contribution in [1.82, 2.24) is 0 Å². The molecule has 0 aromatic heterocycles. The number of aliphatic hydroxyl groups is 1. The second-order valence-electron chi connectivity index (χ2n) is 5.48. The fourth-order valence-corrected chi connectivity index (χ4v) is 2.72. The lowest BCUT2D eigenvalue weighted by molar-refractivity contribution is -0.117. The Balaban J connectivity index is 2.17. The molecule has 106 valence electrons. The number of allylic oxidation sites excluding steroid dienone is 1. The van der Waals surface area contributed by atoms with Gasteiger partial charge < -0.3 is 10.4 Å². The molecule has 1 aromatic rings. The fourth-order valence-electron chi connectivity index (χ4n) is 2.37. The summed E-state index contributed by atoms with van der Waals surface area (Å²) in [6.07, 6.45) is 0.975. The van der Waals surface area contributed by atoms with Crippen molar-refractivity contribution in [2.45, 2.75) is 26.7 Å². The highest BCUT2D eigenvalue weighted by Crippen LogP contribution is 2.31. The molecule has 1 aromatic carbocycles. The van der Waals surface area contributed by atoms with Crippen molar-refractivity contribution < 1.29 is 9.90 Å². The van der Waals surface area contributed by atoms with Gasteiger partial charge in [-0.15, -0.1) is 0 Å². The van der Waals surface area contributed by atoms with Crippen LogP contribution in [-0.2, 0) is 4.79 Å². The van der Waals surface area contributed by atoms with E-state index in [1.807, 2.05) is 30.3 Å². The number of nitrogens with one attached hydrogen (secondary N) is 1. The van der Waals surface area contributed by atoms with Crippen LogP contribution in [0.15, 0.2) is 41.7 Å². The average Bonchev–Trinajstić information content (AvgIpc) is 2.38. The quantitative estimate of drug-likeness (QED) is 0.829. The van der Waals surface area contributed by atoms with E-state index in [1.165, 1.54) is 0 Å². The van der Waals surface area contributed by atoms with E-state index in [1.54, 1.807) is 0 Å². The Morgan fingerprint density at radius 2 is 1.95 bits per heavy atom. The summed E-state index contributed by atoms with van der Waals surface area (Å²) in [5, 5.41) is 13.1. The molecule has 0 spiro atoms. The summed E-state index contributed by atoms with van der Waals surface area (Å²) in [7, 11) is 0. The third-order valence-corrected chi connectivity index (χ3v) is 3.98. The molecule has 4 heteroatoms. The van der Waals surface area contributed by atoms with Gasteiger partial charge in [0.25, 0.3) is 0 Å². The van der Waals surface area contributed by atoms with E-state index in [4.69, 9.17) is 12.2 Å². The smallest absolute Gasteiger partial charge is 0.169 e. The Labute approximate surface area is 124 Å².